The molecule has 0 aliphatic heterocycles. The molecule has 17 heavy (non-hydrogen) atoms. The van der Waals surface area contributed by atoms with Crippen LogP contribution >= 0.6 is 11.6 Å². The number of aromatic nitrogens is 2. The molecular formula is C12H10ClFN2O. The van der Waals surface area contributed by atoms with Gasteiger partial charge in [-0.25, -0.2) is 9.37 Å². The Morgan fingerprint density at radius 3 is 2.65 bits per heavy atom. The molecule has 1 aromatic heterocycles. The molecule has 0 saturated carbocycles. The molecule has 0 radical (unpaired) electrons. The van der Waals surface area contributed by atoms with Gasteiger partial charge < -0.3 is 4.74 Å². The Bertz CT molecular complexity index is 560. The van der Waals surface area contributed by atoms with Crippen LogP contribution in [0.3, 0.4) is 0 Å². The molecule has 3 nitrogen and oxygen atoms in total. The Balaban J connectivity index is 2.52. The summed E-state index contributed by atoms with van der Waals surface area (Å²) in [7, 11) is 1.50. The van der Waals surface area contributed by atoms with E-state index >= 15 is 0 Å². The number of hydrogen-bond donors (Lipinski definition) is 0. The molecule has 0 aliphatic rings. The van der Waals surface area contributed by atoms with Gasteiger partial charge in [-0.3, -0.25) is 0 Å². The maximum Gasteiger partial charge on any atom is 0.316 e. The number of nitrogens with zero attached hydrogens (tertiary/aromatic N) is 2. The highest BCUT2D eigenvalue weighted by Crippen LogP contribution is 2.24. The van der Waals surface area contributed by atoms with E-state index in [1.54, 1.807) is 12.1 Å². The SMILES string of the molecule is COc1nc(C)cc(-c2ccc(F)c(Cl)c2)n1. The quantitative estimate of drug-likeness (QED) is 0.823. The van der Waals surface area contributed by atoms with Crippen LogP contribution in [0.4, 0.5) is 4.39 Å². The Labute approximate surface area is 103 Å². The maximum atomic E-state index is 13.0. The van der Waals surface area contributed by atoms with E-state index in [4.69, 9.17) is 16.3 Å². The normalized spacial score (nSPS) is 10.4. The van der Waals surface area contributed by atoms with Crippen molar-refractivity contribution in [3.05, 3.63) is 40.8 Å². The van der Waals surface area contributed by atoms with Gasteiger partial charge in [0.15, 0.2) is 0 Å². The van der Waals surface area contributed by atoms with Crippen molar-refractivity contribution in [3.8, 4) is 17.3 Å². The second kappa shape index (κ2) is 4.67. The van der Waals surface area contributed by atoms with Crippen LogP contribution in [-0.2, 0) is 0 Å². The number of ether oxygens (including phenoxy) is 1. The van der Waals surface area contributed by atoms with Gasteiger partial charge in [0.1, 0.15) is 5.82 Å². The number of rotatable bonds is 2. The largest absolute Gasteiger partial charge is 0.467 e. The summed E-state index contributed by atoms with van der Waals surface area (Å²) in [6.45, 7) is 1.83. The van der Waals surface area contributed by atoms with Crippen molar-refractivity contribution in [2.24, 2.45) is 0 Å². The maximum absolute atomic E-state index is 13.0. The van der Waals surface area contributed by atoms with Crippen molar-refractivity contribution >= 4 is 11.6 Å². The van der Waals surface area contributed by atoms with Gasteiger partial charge in [-0.15, -0.1) is 0 Å². The molecule has 5 heteroatoms. The van der Waals surface area contributed by atoms with E-state index in [1.807, 2.05) is 6.92 Å². The summed E-state index contributed by atoms with van der Waals surface area (Å²) in [5.41, 5.74) is 2.14. The van der Waals surface area contributed by atoms with Crippen molar-refractivity contribution in [1.29, 1.82) is 0 Å². The van der Waals surface area contributed by atoms with Gasteiger partial charge in [0.25, 0.3) is 0 Å². The Kier molecular flexibility index (Phi) is 3.24. The topological polar surface area (TPSA) is 35.0 Å². The second-order valence-electron chi connectivity index (χ2n) is 3.51. The first-order valence-electron chi connectivity index (χ1n) is 4.95. The lowest BCUT2D eigenvalue weighted by molar-refractivity contribution is 0.379. The van der Waals surface area contributed by atoms with Gasteiger partial charge in [0, 0.05) is 11.3 Å². The van der Waals surface area contributed by atoms with Crippen molar-refractivity contribution < 1.29 is 9.13 Å². The van der Waals surface area contributed by atoms with Crippen LogP contribution in [0.2, 0.25) is 5.02 Å². The molecule has 0 spiro atoms. The first-order valence-corrected chi connectivity index (χ1v) is 5.33. The van der Waals surface area contributed by atoms with Crippen LogP contribution in [-0.4, -0.2) is 17.1 Å². The fraction of sp³-hybridized carbons (Fsp3) is 0.167. The average molecular weight is 253 g/mol. The van der Waals surface area contributed by atoms with Crippen molar-refractivity contribution in [2.45, 2.75) is 6.92 Å². The predicted molar refractivity (Wildman–Crippen MR) is 63.7 cm³/mol. The van der Waals surface area contributed by atoms with E-state index < -0.39 is 5.82 Å². The van der Waals surface area contributed by atoms with Gasteiger partial charge in [-0.05, 0) is 31.2 Å². The Hall–Kier alpha value is -1.68. The molecule has 0 bridgehead atoms. The first kappa shape index (κ1) is 11.8. The molecule has 1 aromatic carbocycles. The molecular weight excluding hydrogens is 243 g/mol. The van der Waals surface area contributed by atoms with E-state index in [2.05, 4.69) is 9.97 Å². The number of hydrogen-bond acceptors (Lipinski definition) is 3. The standard InChI is InChI=1S/C12H10ClFN2O/c1-7-5-11(16-12(15-7)17-2)8-3-4-10(14)9(13)6-8/h3-6H,1-2H3. The van der Waals surface area contributed by atoms with E-state index in [-0.39, 0.29) is 11.0 Å². The molecule has 0 saturated heterocycles. The lowest BCUT2D eigenvalue weighted by Crippen LogP contribution is -1.96. The highest BCUT2D eigenvalue weighted by Gasteiger charge is 2.07. The van der Waals surface area contributed by atoms with Crippen LogP contribution in [0.25, 0.3) is 11.3 Å². The van der Waals surface area contributed by atoms with Gasteiger partial charge in [-0.2, -0.15) is 4.98 Å². The smallest absolute Gasteiger partial charge is 0.316 e. The lowest BCUT2D eigenvalue weighted by atomic mass is 10.1. The van der Waals surface area contributed by atoms with Crippen LogP contribution in [0.5, 0.6) is 6.01 Å². The van der Waals surface area contributed by atoms with Gasteiger partial charge in [0.2, 0.25) is 0 Å². The minimum Gasteiger partial charge on any atom is -0.467 e. The molecule has 0 atom stereocenters. The molecule has 0 unspecified atom stereocenters. The van der Waals surface area contributed by atoms with Crippen molar-refractivity contribution in [2.75, 3.05) is 7.11 Å². The van der Waals surface area contributed by atoms with E-state index in [0.29, 0.717) is 5.69 Å². The molecule has 0 aliphatic carbocycles. The zero-order valence-corrected chi connectivity index (χ0v) is 10.1. The molecule has 2 rings (SSSR count). The fourth-order valence-electron chi connectivity index (χ4n) is 1.44. The molecule has 0 N–H and O–H groups in total. The number of aryl methyl sites for hydroxylation is 1. The zero-order chi connectivity index (χ0) is 12.4. The molecule has 1 heterocycles. The third-order valence-electron chi connectivity index (χ3n) is 2.23. The fourth-order valence-corrected chi connectivity index (χ4v) is 1.62. The summed E-state index contributed by atoms with van der Waals surface area (Å²) < 4.78 is 18.0. The third-order valence-corrected chi connectivity index (χ3v) is 2.52. The lowest BCUT2D eigenvalue weighted by Gasteiger charge is -2.05. The summed E-state index contributed by atoms with van der Waals surface area (Å²) in [4.78, 5) is 8.26. The zero-order valence-electron chi connectivity index (χ0n) is 9.37. The van der Waals surface area contributed by atoms with Crippen LogP contribution in [0.1, 0.15) is 5.69 Å². The second-order valence-corrected chi connectivity index (χ2v) is 3.92. The minimum atomic E-state index is -0.451. The number of benzene rings is 1. The minimum absolute atomic E-state index is 0.0673. The summed E-state index contributed by atoms with van der Waals surface area (Å²) in [5.74, 6) is -0.451. The van der Waals surface area contributed by atoms with Crippen LogP contribution < -0.4 is 4.74 Å². The van der Waals surface area contributed by atoms with Crippen LogP contribution in [0, 0.1) is 12.7 Å². The van der Waals surface area contributed by atoms with E-state index in [9.17, 15) is 4.39 Å². The van der Waals surface area contributed by atoms with Gasteiger partial charge >= 0.3 is 6.01 Å². The summed E-state index contributed by atoms with van der Waals surface area (Å²) in [6.07, 6.45) is 0. The number of methoxy groups -OCH3 is 1. The number of halogens is 2. The first-order chi connectivity index (χ1) is 8.10. The predicted octanol–water partition coefficient (Wildman–Crippen LogP) is 3.25. The molecule has 0 amide bonds. The van der Waals surface area contributed by atoms with Gasteiger partial charge in [-0.1, -0.05) is 11.6 Å². The summed E-state index contributed by atoms with van der Waals surface area (Å²) >= 11 is 5.73. The molecule has 88 valence electrons. The van der Waals surface area contributed by atoms with Crippen molar-refractivity contribution in [3.63, 3.8) is 0 Å². The average Bonchev–Trinajstić information content (AvgIpc) is 2.32. The third kappa shape index (κ3) is 2.53. The van der Waals surface area contributed by atoms with E-state index in [1.165, 1.54) is 19.2 Å². The highest BCUT2D eigenvalue weighted by molar-refractivity contribution is 6.31. The highest BCUT2D eigenvalue weighted by atomic mass is 35.5. The monoisotopic (exact) mass is 252 g/mol. The molecule has 0 fully saturated rings. The Morgan fingerprint density at radius 1 is 1.24 bits per heavy atom. The Morgan fingerprint density at radius 2 is 2.00 bits per heavy atom. The van der Waals surface area contributed by atoms with Crippen LogP contribution in [0.15, 0.2) is 24.3 Å². The van der Waals surface area contributed by atoms with Gasteiger partial charge in [0.05, 0.1) is 17.8 Å². The van der Waals surface area contributed by atoms with Crippen molar-refractivity contribution in [1.82, 2.24) is 9.97 Å². The summed E-state index contributed by atoms with van der Waals surface area (Å²) in [5, 5.41) is 0.0673. The summed E-state index contributed by atoms with van der Waals surface area (Å²) in [6, 6.07) is 6.51. The van der Waals surface area contributed by atoms with E-state index in [0.717, 1.165) is 11.3 Å². The molecule has 2 aromatic rings.